The number of benzene rings is 1. The van der Waals surface area contributed by atoms with Gasteiger partial charge in [0.05, 0.1) is 6.54 Å². The van der Waals surface area contributed by atoms with Crippen LogP contribution in [0.25, 0.3) is 16.9 Å². The number of aliphatic hydroxyl groups excluding tert-OH is 1. The maximum absolute atomic E-state index is 14.3. The molecule has 0 atom stereocenters. The quantitative estimate of drug-likeness (QED) is 0.521. The number of nitrogens with zero attached hydrogens (tertiary/aromatic N) is 5. The molecule has 0 fully saturated rings. The molecule has 0 unspecified atom stereocenters. The predicted octanol–water partition coefficient (Wildman–Crippen LogP) is 1.99. The number of hydrogen-bond donors (Lipinski definition) is 1. The third kappa shape index (κ3) is 2.88. The van der Waals surface area contributed by atoms with Gasteiger partial charge in [-0.05, 0) is 32.4 Å². The van der Waals surface area contributed by atoms with E-state index in [1.165, 1.54) is 29.8 Å². The summed E-state index contributed by atoms with van der Waals surface area (Å²) in [4.78, 5) is 30.8. The number of hydrogen-bond acceptors (Lipinski definition) is 4. The Labute approximate surface area is 175 Å². The van der Waals surface area contributed by atoms with Crippen molar-refractivity contribution in [3.63, 3.8) is 0 Å². The van der Waals surface area contributed by atoms with Crippen molar-refractivity contribution >= 4 is 28.5 Å². The molecule has 0 amide bonds. The highest BCUT2D eigenvalue weighted by molar-refractivity contribution is 6.31. The normalized spacial score (nSPS) is 11.8. The van der Waals surface area contributed by atoms with E-state index in [4.69, 9.17) is 11.6 Å². The fourth-order valence-electron chi connectivity index (χ4n) is 3.79. The summed E-state index contributed by atoms with van der Waals surface area (Å²) >= 11 is 6.11. The Kier molecular flexibility index (Phi) is 5.03. The summed E-state index contributed by atoms with van der Waals surface area (Å²) < 4.78 is 20.2. The molecule has 3 heterocycles. The van der Waals surface area contributed by atoms with Crippen LogP contribution in [0.3, 0.4) is 0 Å². The molecule has 0 aliphatic carbocycles. The fraction of sp³-hybridized carbons (Fsp3) is 0.350. The van der Waals surface area contributed by atoms with Crippen molar-refractivity contribution in [3.8, 4) is 0 Å². The molecule has 10 heteroatoms. The summed E-state index contributed by atoms with van der Waals surface area (Å²) in [6.07, 6.45) is 0.531. The van der Waals surface area contributed by atoms with Gasteiger partial charge in [-0.2, -0.15) is 4.98 Å². The zero-order valence-electron chi connectivity index (χ0n) is 16.8. The Balaban J connectivity index is 2.04. The number of aliphatic hydroxyl groups is 1. The summed E-state index contributed by atoms with van der Waals surface area (Å²) in [5, 5.41) is 9.35. The Bertz CT molecular complexity index is 1390. The van der Waals surface area contributed by atoms with Gasteiger partial charge in [0.2, 0.25) is 5.78 Å². The third-order valence-electron chi connectivity index (χ3n) is 5.55. The number of fused-ring (bicyclic) bond motifs is 3. The molecule has 8 nitrogen and oxygen atoms in total. The van der Waals surface area contributed by atoms with E-state index in [-0.39, 0.29) is 34.9 Å². The van der Waals surface area contributed by atoms with E-state index in [0.29, 0.717) is 18.7 Å². The van der Waals surface area contributed by atoms with Crippen LogP contribution in [0, 0.1) is 19.7 Å². The first kappa shape index (κ1) is 20.4. The summed E-state index contributed by atoms with van der Waals surface area (Å²) in [5.41, 5.74) is 1.10. The smallest absolute Gasteiger partial charge is 0.332 e. The molecule has 4 rings (SSSR count). The van der Waals surface area contributed by atoms with Gasteiger partial charge in [-0.15, -0.1) is 0 Å². The number of imidazole rings is 2. The van der Waals surface area contributed by atoms with Gasteiger partial charge < -0.3 is 9.67 Å². The zero-order valence-corrected chi connectivity index (χ0v) is 17.6. The van der Waals surface area contributed by atoms with Crippen LogP contribution in [0.15, 0.2) is 27.8 Å². The lowest BCUT2D eigenvalue weighted by molar-refractivity contribution is 0.280. The minimum absolute atomic E-state index is 0.0255. The topological polar surface area (TPSA) is 86.5 Å². The van der Waals surface area contributed by atoms with Crippen LogP contribution < -0.4 is 11.2 Å². The highest BCUT2D eigenvalue weighted by Crippen LogP contribution is 2.22. The van der Waals surface area contributed by atoms with Crippen LogP contribution in [-0.4, -0.2) is 34.8 Å². The molecule has 0 saturated carbocycles. The lowest BCUT2D eigenvalue weighted by atomic mass is 10.2. The SMILES string of the molecule is Cc1c(C)n2c3c(=O)n(Cc4c(F)cccc4Cl)c(=O)n(C)c3nc2n1CCCO. The first-order valence-corrected chi connectivity index (χ1v) is 9.87. The minimum Gasteiger partial charge on any atom is -0.396 e. The Morgan fingerprint density at radius 2 is 1.90 bits per heavy atom. The number of rotatable bonds is 5. The standard InChI is InChI=1S/C20H21ClFN5O3/c1-11-12(2)27-16-17(23-19(27)25(11)8-5-9-28)24(3)20(30)26(18(16)29)10-13-14(21)6-4-7-15(13)22/h4,6-7,28H,5,8-10H2,1-3H3. The van der Waals surface area contributed by atoms with Crippen molar-refractivity contribution in [2.75, 3.05) is 6.61 Å². The molecule has 158 valence electrons. The van der Waals surface area contributed by atoms with Gasteiger partial charge in [-0.1, -0.05) is 17.7 Å². The molecule has 3 aromatic heterocycles. The largest absolute Gasteiger partial charge is 0.396 e. The summed E-state index contributed by atoms with van der Waals surface area (Å²) in [7, 11) is 1.52. The molecule has 0 bridgehead atoms. The second-order valence-electron chi connectivity index (χ2n) is 7.25. The van der Waals surface area contributed by atoms with Crippen LogP contribution in [-0.2, 0) is 20.1 Å². The van der Waals surface area contributed by atoms with Crippen molar-refractivity contribution in [1.82, 2.24) is 23.1 Å². The van der Waals surface area contributed by atoms with E-state index in [1.807, 2.05) is 18.4 Å². The van der Waals surface area contributed by atoms with Gasteiger partial charge in [0.25, 0.3) is 5.56 Å². The molecular weight excluding hydrogens is 413 g/mol. The van der Waals surface area contributed by atoms with E-state index in [2.05, 4.69) is 4.98 Å². The molecule has 0 radical (unpaired) electrons. The van der Waals surface area contributed by atoms with Gasteiger partial charge >= 0.3 is 5.69 Å². The molecule has 1 N–H and O–H groups in total. The van der Waals surface area contributed by atoms with Crippen LogP contribution in [0.1, 0.15) is 23.4 Å². The second-order valence-corrected chi connectivity index (χ2v) is 7.66. The van der Waals surface area contributed by atoms with E-state index < -0.39 is 17.1 Å². The van der Waals surface area contributed by atoms with Gasteiger partial charge in [0.15, 0.2) is 11.2 Å². The molecule has 30 heavy (non-hydrogen) atoms. The molecule has 0 aliphatic heterocycles. The van der Waals surface area contributed by atoms with E-state index in [1.54, 1.807) is 4.40 Å². The maximum atomic E-state index is 14.3. The monoisotopic (exact) mass is 433 g/mol. The molecule has 1 aromatic carbocycles. The Morgan fingerprint density at radius 1 is 1.17 bits per heavy atom. The number of aromatic nitrogens is 5. The lowest BCUT2D eigenvalue weighted by Crippen LogP contribution is -2.40. The average Bonchev–Trinajstić information content (AvgIpc) is 3.20. The van der Waals surface area contributed by atoms with Crippen molar-refractivity contribution in [2.45, 2.75) is 33.4 Å². The number of halogens is 2. The maximum Gasteiger partial charge on any atom is 0.332 e. The fourth-order valence-corrected chi connectivity index (χ4v) is 4.02. The van der Waals surface area contributed by atoms with Gasteiger partial charge in [-0.25, -0.2) is 9.18 Å². The van der Waals surface area contributed by atoms with Crippen LogP contribution >= 0.6 is 11.6 Å². The summed E-state index contributed by atoms with van der Waals surface area (Å²) in [6.45, 7) is 4.03. The van der Waals surface area contributed by atoms with Gasteiger partial charge in [0.1, 0.15) is 5.82 Å². The highest BCUT2D eigenvalue weighted by Gasteiger charge is 2.23. The molecule has 0 aliphatic rings. The Morgan fingerprint density at radius 3 is 2.57 bits per heavy atom. The highest BCUT2D eigenvalue weighted by atomic mass is 35.5. The van der Waals surface area contributed by atoms with E-state index in [0.717, 1.165) is 16.0 Å². The van der Waals surface area contributed by atoms with Gasteiger partial charge in [0, 0.05) is 42.2 Å². The third-order valence-corrected chi connectivity index (χ3v) is 5.90. The van der Waals surface area contributed by atoms with Crippen molar-refractivity contribution in [2.24, 2.45) is 7.05 Å². The van der Waals surface area contributed by atoms with Crippen molar-refractivity contribution in [3.05, 3.63) is 66.8 Å². The lowest BCUT2D eigenvalue weighted by Gasteiger charge is -2.10. The first-order chi connectivity index (χ1) is 14.3. The van der Waals surface area contributed by atoms with Crippen LogP contribution in [0.2, 0.25) is 5.02 Å². The molecular formula is C20H21ClFN5O3. The predicted molar refractivity (Wildman–Crippen MR) is 112 cm³/mol. The average molecular weight is 434 g/mol. The van der Waals surface area contributed by atoms with Crippen molar-refractivity contribution < 1.29 is 9.50 Å². The molecule has 0 spiro atoms. The van der Waals surface area contributed by atoms with E-state index in [9.17, 15) is 19.1 Å². The summed E-state index contributed by atoms with van der Waals surface area (Å²) in [5.74, 6) is -0.0700. The zero-order chi connectivity index (χ0) is 21.7. The number of aryl methyl sites for hydroxylation is 3. The van der Waals surface area contributed by atoms with Crippen LogP contribution in [0.4, 0.5) is 4.39 Å². The van der Waals surface area contributed by atoms with E-state index >= 15 is 0 Å². The second kappa shape index (κ2) is 7.41. The molecule has 4 aromatic rings. The summed E-state index contributed by atoms with van der Waals surface area (Å²) in [6, 6.07) is 4.22. The van der Waals surface area contributed by atoms with Crippen LogP contribution in [0.5, 0.6) is 0 Å². The minimum atomic E-state index is -0.608. The molecule has 0 saturated heterocycles. The van der Waals surface area contributed by atoms with Gasteiger partial charge in [-0.3, -0.25) is 18.3 Å². The first-order valence-electron chi connectivity index (χ1n) is 9.49. The van der Waals surface area contributed by atoms with Crippen molar-refractivity contribution in [1.29, 1.82) is 0 Å². The Hall–Kier alpha value is -2.91.